The molecule has 0 bridgehead atoms. The number of rotatable bonds is 15. The Morgan fingerprint density at radius 1 is 0.650 bits per heavy atom. The van der Waals surface area contributed by atoms with Gasteiger partial charge in [0.1, 0.15) is 0 Å². The molecule has 0 aromatic carbocycles. The van der Waals surface area contributed by atoms with Crippen LogP contribution in [-0.2, 0) is 9.47 Å². The average Bonchev–Trinajstić information content (AvgIpc) is 2.41. The van der Waals surface area contributed by atoms with Gasteiger partial charge in [0, 0.05) is 24.0 Å². The molecule has 0 aromatic heterocycles. The summed E-state index contributed by atoms with van der Waals surface area (Å²) in [6.07, 6.45) is 8.69. The van der Waals surface area contributed by atoms with Gasteiger partial charge in [-0.2, -0.15) is 0 Å². The van der Waals surface area contributed by atoms with E-state index in [-0.39, 0.29) is 0 Å². The Balaban J connectivity index is 3.10. The number of alkyl halides is 2. The van der Waals surface area contributed by atoms with E-state index in [0.717, 1.165) is 64.6 Å². The second-order valence-corrected chi connectivity index (χ2v) is 6.52. The van der Waals surface area contributed by atoms with Crippen molar-refractivity contribution in [2.45, 2.75) is 76.0 Å². The van der Waals surface area contributed by atoms with Crippen molar-refractivity contribution in [3.05, 3.63) is 0 Å². The Kier molecular flexibility index (Phi) is 16.3. The molecule has 20 heavy (non-hydrogen) atoms. The Bertz CT molecular complexity index is 171. The molecule has 0 amide bonds. The van der Waals surface area contributed by atoms with Gasteiger partial charge in [0.25, 0.3) is 0 Å². The van der Waals surface area contributed by atoms with Crippen molar-refractivity contribution >= 4 is 23.2 Å². The van der Waals surface area contributed by atoms with Crippen LogP contribution in [0.2, 0.25) is 0 Å². The smallest absolute Gasteiger partial charge is 0.0700 e. The zero-order chi connectivity index (χ0) is 15.1. The van der Waals surface area contributed by atoms with Crippen LogP contribution in [0.4, 0.5) is 0 Å². The van der Waals surface area contributed by atoms with E-state index >= 15 is 0 Å². The first kappa shape index (κ1) is 20.5. The minimum Gasteiger partial charge on any atom is -0.379 e. The second kappa shape index (κ2) is 15.9. The third kappa shape index (κ3) is 14.9. The minimum absolute atomic E-state index is 0.312. The third-order valence-corrected chi connectivity index (χ3v) is 4.06. The molecule has 0 saturated heterocycles. The fourth-order valence-electron chi connectivity index (χ4n) is 2.05. The summed E-state index contributed by atoms with van der Waals surface area (Å²) in [7, 11) is 0. The number of hydrogen-bond acceptors (Lipinski definition) is 2. The van der Waals surface area contributed by atoms with Gasteiger partial charge in [0.2, 0.25) is 0 Å². The highest BCUT2D eigenvalue weighted by Crippen LogP contribution is 2.12. The summed E-state index contributed by atoms with van der Waals surface area (Å²) in [4.78, 5) is 0. The van der Waals surface area contributed by atoms with Gasteiger partial charge in [0.15, 0.2) is 0 Å². The fraction of sp³-hybridized carbons (Fsp3) is 1.00. The minimum atomic E-state index is 0.312. The van der Waals surface area contributed by atoms with E-state index in [1.54, 1.807) is 0 Å². The molecule has 2 atom stereocenters. The summed E-state index contributed by atoms with van der Waals surface area (Å²) in [5.74, 6) is 0. The van der Waals surface area contributed by atoms with Crippen LogP contribution in [0.25, 0.3) is 0 Å². The molecule has 0 radical (unpaired) electrons. The molecular formula is C16H32Cl2O2. The topological polar surface area (TPSA) is 18.5 Å². The lowest BCUT2D eigenvalue weighted by Gasteiger charge is -2.09. The molecule has 0 spiro atoms. The monoisotopic (exact) mass is 326 g/mol. The summed E-state index contributed by atoms with van der Waals surface area (Å²) in [6.45, 7) is 7.27. The molecule has 4 heteroatoms. The van der Waals surface area contributed by atoms with Crippen LogP contribution in [0.5, 0.6) is 0 Å². The van der Waals surface area contributed by atoms with Gasteiger partial charge in [0.05, 0.1) is 13.2 Å². The SMILES string of the molecule is CCCC(Cl)CCCOCCOCCCC(Cl)CCC. The van der Waals surface area contributed by atoms with E-state index in [1.165, 1.54) is 0 Å². The van der Waals surface area contributed by atoms with Crippen LogP contribution >= 0.6 is 23.2 Å². The molecule has 0 aromatic rings. The summed E-state index contributed by atoms with van der Waals surface area (Å²) < 4.78 is 11.0. The van der Waals surface area contributed by atoms with Crippen LogP contribution < -0.4 is 0 Å². The highest BCUT2D eigenvalue weighted by Gasteiger charge is 2.03. The third-order valence-electron chi connectivity index (χ3n) is 3.19. The lowest BCUT2D eigenvalue weighted by Crippen LogP contribution is -2.08. The van der Waals surface area contributed by atoms with Crippen molar-refractivity contribution in [3.8, 4) is 0 Å². The molecule has 0 aliphatic heterocycles. The van der Waals surface area contributed by atoms with Crippen molar-refractivity contribution in [1.82, 2.24) is 0 Å². The predicted octanol–water partition coefficient (Wildman–Crippen LogP) is 5.40. The van der Waals surface area contributed by atoms with Crippen LogP contribution in [0, 0.1) is 0 Å². The van der Waals surface area contributed by atoms with E-state index in [9.17, 15) is 0 Å². The highest BCUT2D eigenvalue weighted by molar-refractivity contribution is 6.20. The molecule has 2 nitrogen and oxygen atoms in total. The zero-order valence-electron chi connectivity index (χ0n) is 13.2. The lowest BCUT2D eigenvalue weighted by atomic mass is 10.1. The first-order chi connectivity index (χ1) is 9.70. The van der Waals surface area contributed by atoms with Gasteiger partial charge in [-0.25, -0.2) is 0 Å². The Labute approximate surface area is 135 Å². The van der Waals surface area contributed by atoms with Crippen molar-refractivity contribution in [2.75, 3.05) is 26.4 Å². The molecule has 0 aliphatic rings. The maximum atomic E-state index is 6.14. The van der Waals surface area contributed by atoms with Gasteiger partial charge in [-0.05, 0) is 38.5 Å². The summed E-state index contributed by atoms with van der Waals surface area (Å²) in [5.41, 5.74) is 0. The van der Waals surface area contributed by atoms with E-state index in [0.29, 0.717) is 24.0 Å². The van der Waals surface area contributed by atoms with Crippen LogP contribution in [0.3, 0.4) is 0 Å². The Morgan fingerprint density at radius 2 is 1.05 bits per heavy atom. The molecule has 0 heterocycles. The van der Waals surface area contributed by atoms with Gasteiger partial charge in [-0.1, -0.05) is 26.7 Å². The lowest BCUT2D eigenvalue weighted by molar-refractivity contribution is 0.0450. The van der Waals surface area contributed by atoms with E-state index in [1.807, 2.05) is 0 Å². The number of hydrogen-bond donors (Lipinski definition) is 0. The van der Waals surface area contributed by atoms with Crippen molar-refractivity contribution in [3.63, 3.8) is 0 Å². The van der Waals surface area contributed by atoms with E-state index in [2.05, 4.69) is 13.8 Å². The standard InChI is InChI=1S/C16H32Cl2O2/c1-3-7-15(17)9-5-11-19-13-14-20-12-6-10-16(18)8-4-2/h15-16H,3-14H2,1-2H3. The van der Waals surface area contributed by atoms with E-state index in [4.69, 9.17) is 32.7 Å². The summed E-state index contributed by atoms with van der Waals surface area (Å²) in [5, 5.41) is 0.623. The van der Waals surface area contributed by atoms with Gasteiger partial charge in [-0.15, -0.1) is 23.2 Å². The number of halogens is 2. The summed E-state index contributed by atoms with van der Waals surface area (Å²) in [6, 6.07) is 0. The van der Waals surface area contributed by atoms with Gasteiger partial charge < -0.3 is 9.47 Å². The van der Waals surface area contributed by atoms with Crippen LogP contribution in [0.1, 0.15) is 65.2 Å². The van der Waals surface area contributed by atoms with Crippen LogP contribution in [-0.4, -0.2) is 37.2 Å². The molecule has 0 fully saturated rings. The normalized spacial score (nSPS) is 14.4. The maximum absolute atomic E-state index is 6.14. The molecule has 0 saturated carbocycles. The molecule has 0 aliphatic carbocycles. The number of ether oxygens (including phenoxy) is 2. The molecule has 122 valence electrons. The highest BCUT2D eigenvalue weighted by atomic mass is 35.5. The summed E-state index contributed by atoms with van der Waals surface area (Å²) >= 11 is 12.3. The van der Waals surface area contributed by atoms with E-state index < -0.39 is 0 Å². The molecule has 2 unspecified atom stereocenters. The average molecular weight is 327 g/mol. The maximum Gasteiger partial charge on any atom is 0.0700 e. The predicted molar refractivity (Wildman–Crippen MR) is 89.2 cm³/mol. The zero-order valence-corrected chi connectivity index (χ0v) is 14.7. The largest absolute Gasteiger partial charge is 0.379 e. The Morgan fingerprint density at radius 3 is 1.40 bits per heavy atom. The van der Waals surface area contributed by atoms with Gasteiger partial charge >= 0.3 is 0 Å². The van der Waals surface area contributed by atoms with Crippen LogP contribution in [0.15, 0.2) is 0 Å². The first-order valence-electron chi connectivity index (χ1n) is 8.14. The van der Waals surface area contributed by atoms with Gasteiger partial charge in [-0.3, -0.25) is 0 Å². The van der Waals surface area contributed by atoms with Crippen molar-refractivity contribution in [1.29, 1.82) is 0 Å². The molecular weight excluding hydrogens is 295 g/mol. The quantitative estimate of drug-likeness (QED) is 0.296. The molecule has 0 rings (SSSR count). The first-order valence-corrected chi connectivity index (χ1v) is 9.01. The van der Waals surface area contributed by atoms with Crippen molar-refractivity contribution in [2.24, 2.45) is 0 Å². The fourth-order valence-corrected chi connectivity index (χ4v) is 2.80. The Hall–Kier alpha value is 0.500. The molecule has 0 N–H and O–H groups in total. The van der Waals surface area contributed by atoms with Crippen molar-refractivity contribution < 1.29 is 9.47 Å². The second-order valence-electron chi connectivity index (χ2n) is 5.28.